The maximum Gasteiger partial charge on any atom is 0.242 e. The Morgan fingerprint density at radius 1 is 0.967 bits per heavy atom. The quantitative estimate of drug-likeness (QED) is 0.536. The van der Waals surface area contributed by atoms with Crippen LogP contribution in [0.25, 0.3) is 0 Å². The topological polar surface area (TPSA) is 65.5 Å². The fourth-order valence-electron chi connectivity index (χ4n) is 3.91. The van der Waals surface area contributed by atoms with Crippen LogP contribution in [0.15, 0.2) is 42.7 Å². The van der Waals surface area contributed by atoms with E-state index in [1.165, 1.54) is 11.1 Å². The lowest BCUT2D eigenvalue weighted by Gasteiger charge is -2.27. The molecule has 0 spiro atoms. The molecule has 0 saturated heterocycles. The van der Waals surface area contributed by atoms with E-state index in [1.807, 2.05) is 37.5 Å². The van der Waals surface area contributed by atoms with Crippen molar-refractivity contribution in [3.63, 3.8) is 0 Å². The van der Waals surface area contributed by atoms with Crippen molar-refractivity contribution >= 4 is 23.2 Å². The molecule has 0 saturated carbocycles. The van der Waals surface area contributed by atoms with Crippen LogP contribution in [0.5, 0.6) is 0 Å². The Kier molecular flexibility index (Phi) is 6.87. The number of rotatable bonds is 8. The highest BCUT2D eigenvalue weighted by atomic mass is 16.2. The van der Waals surface area contributed by atoms with Gasteiger partial charge in [-0.15, -0.1) is 0 Å². The fourth-order valence-corrected chi connectivity index (χ4v) is 3.91. The third-order valence-electron chi connectivity index (χ3n) is 5.77. The molecular formula is C24H32N4O2. The average Bonchev–Trinajstić information content (AvgIpc) is 2.80. The number of carbonyl (C=O) groups is 2. The van der Waals surface area contributed by atoms with E-state index in [9.17, 15) is 9.59 Å². The van der Waals surface area contributed by atoms with E-state index in [0.29, 0.717) is 6.54 Å². The highest BCUT2D eigenvalue weighted by molar-refractivity contribution is 6.19. The SMILES string of the molecule is CCN1C(=O)C(C)(C)C(=O)N(C)c2cc(CCCCNCc3ccncc3)ccc21. The van der Waals surface area contributed by atoms with Crippen molar-refractivity contribution < 1.29 is 9.59 Å². The predicted octanol–water partition coefficient (Wildman–Crippen LogP) is 3.55. The summed E-state index contributed by atoms with van der Waals surface area (Å²) in [7, 11) is 1.77. The number of nitrogens with one attached hydrogen (secondary N) is 1. The number of anilines is 2. The molecule has 160 valence electrons. The molecule has 1 N–H and O–H groups in total. The van der Waals surface area contributed by atoms with Gasteiger partial charge in [0.15, 0.2) is 0 Å². The maximum absolute atomic E-state index is 12.9. The number of nitrogens with zero attached hydrogens (tertiary/aromatic N) is 3. The number of hydrogen-bond acceptors (Lipinski definition) is 4. The average molecular weight is 409 g/mol. The molecule has 1 aliphatic rings. The van der Waals surface area contributed by atoms with Crippen LogP contribution in [-0.4, -0.2) is 36.9 Å². The third kappa shape index (κ3) is 4.54. The van der Waals surface area contributed by atoms with Crippen LogP contribution in [0, 0.1) is 5.41 Å². The standard InChI is InChI=1S/C24H32N4O2/c1-5-28-20-10-9-18(8-6-7-13-26-17-19-11-14-25-15-12-19)16-21(20)27(4)22(29)24(2,3)23(28)30/h9-12,14-16,26H,5-8,13,17H2,1-4H3. The molecule has 1 aliphatic heterocycles. The van der Waals surface area contributed by atoms with Crippen molar-refractivity contribution in [1.82, 2.24) is 10.3 Å². The first kappa shape index (κ1) is 22.0. The van der Waals surface area contributed by atoms with E-state index < -0.39 is 5.41 Å². The van der Waals surface area contributed by atoms with Crippen molar-refractivity contribution in [2.75, 3.05) is 29.9 Å². The Morgan fingerprint density at radius 3 is 2.40 bits per heavy atom. The molecule has 6 heteroatoms. The number of amides is 2. The molecule has 0 radical (unpaired) electrons. The highest BCUT2D eigenvalue weighted by Gasteiger charge is 2.45. The number of pyridine rings is 1. The largest absolute Gasteiger partial charge is 0.313 e. The fraction of sp³-hybridized carbons (Fsp3) is 0.458. The van der Waals surface area contributed by atoms with Crippen molar-refractivity contribution in [3.8, 4) is 0 Å². The van der Waals surface area contributed by atoms with E-state index in [1.54, 1.807) is 30.7 Å². The Labute approximate surface area is 179 Å². The van der Waals surface area contributed by atoms with Gasteiger partial charge in [-0.05, 0) is 82.0 Å². The normalized spacial score (nSPS) is 15.9. The van der Waals surface area contributed by atoms with Gasteiger partial charge in [-0.3, -0.25) is 14.6 Å². The summed E-state index contributed by atoms with van der Waals surface area (Å²) in [5.74, 6) is -0.309. The molecule has 0 unspecified atom stereocenters. The summed E-state index contributed by atoms with van der Waals surface area (Å²) >= 11 is 0. The lowest BCUT2D eigenvalue weighted by molar-refractivity contribution is -0.137. The number of carbonyl (C=O) groups excluding carboxylic acids is 2. The van der Waals surface area contributed by atoms with Gasteiger partial charge in [0.1, 0.15) is 5.41 Å². The Morgan fingerprint density at radius 2 is 1.70 bits per heavy atom. The van der Waals surface area contributed by atoms with Crippen molar-refractivity contribution in [2.45, 2.75) is 46.6 Å². The number of aromatic nitrogens is 1. The van der Waals surface area contributed by atoms with E-state index in [0.717, 1.165) is 43.7 Å². The van der Waals surface area contributed by atoms with Gasteiger partial charge in [0.05, 0.1) is 11.4 Å². The number of fused-ring (bicyclic) bond motifs is 1. The maximum atomic E-state index is 12.9. The zero-order valence-electron chi connectivity index (χ0n) is 18.4. The lowest BCUT2D eigenvalue weighted by Crippen LogP contribution is -2.47. The molecule has 30 heavy (non-hydrogen) atoms. The second-order valence-electron chi connectivity index (χ2n) is 8.35. The molecule has 1 aromatic carbocycles. The summed E-state index contributed by atoms with van der Waals surface area (Å²) in [6, 6.07) is 10.2. The summed E-state index contributed by atoms with van der Waals surface area (Å²) in [6.07, 6.45) is 6.69. The van der Waals surface area contributed by atoms with Gasteiger partial charge in [-0.25, -0.2) is 0 Å². The number of unbranched alkanes of at least 4 members (excludes halogenated alkanes) is 1. The molecule has 6 nitrogen and oxygen atoms in total. The molecule has 3 rings (SSSR count). The summed E-state index contributed by atoms with van der Waals surface area (Å²) in [5.41, 5.74) is 2.98. The van der Waals surface area contributed by atoms with E-state index in [-0.39, 0.29) is 11.8 Å². The molecule has 2 aromatic rings. The number of hydrogen-bond donors (Lipinski definition) is 1. The van der Waals surface area contributed by atoms with E-state index in [4.69, 9.17) is 0 Å². The van der Waals surface area contributed by atoms with Crippen molar-refractivity contribution in [1.29, 1.82) is 0 Å². The molecule has 0 atom stereocenters. The second kappa shape index (κ2) is 9.39. The zero-order valence-corrected chi connectivity index (χ0v) is 18.4. The minimum atomic E-state index is -1.07. The predicted molar refractivity (Wildman–Crippen MR) is 121 cm³/mol. The smallest absolute Gasteiger partial charge is 0.242 e. The minimum absolute atomic E-state index is 0.145. The Bertz CT molecular complexity index is 895. The molecule has 0 aliphatic carbocycles. The molecular weight excluding hydrogens is 376 g/mol. The van der Waals surface area contributed by atoms with Gasteiger partial charge in [0, 0.05) is 32.5 Å². The summed E-state index contributed by atoms with van der Waals surface area (Å²) in [5, 5.41) is 3.46. The number of benzene rings is 1. The van der Waals surface area contributed by atoms with E-state index in [2.05, 4.69) is 22.4 Å². The first-order valence-corrected chi connectivity index (χ1v) is 10.7. The Balaban J connectivity index is 1.62. The molecule has 0 fully saturated rings. The molecule has 2 amide bonds. The zero-order chi connectivity index (χ0) is 21.7. The molecule has 2 heterocycles. The van der Waals surface area contributed by atoms with Crippen LogP contribution in [0.2, 0.25) is 0 Å². The minimum Gasteiger partial charge on any atom is -0.313 e. The monoisotopic (exact) mass is 408 g/mol. The number of aryl methyl sites for hydroxylation is 1. The molecule has 0 bridgehead atoms. The van der Waals surface area contributed by atoms with E-state index >= 15 is 0 Å². The van der Waals surface area contributed by atoms with Crippen LogP contribution in [-0.2, 0) is 22.6 Å². The van der Waals surface area contributed by atoms with Crippen LogP contribution in [0.3, 0.4) is 0 Å². The van der Waals surface area contributed by atoms with Crippen LogP contribution in [0.1, 0.15) is 44.7 Å². The Hall–Kier alpha value is -2.73. The van der Waals surface area contributed by atoms with Crippen molar-refractivity contribution in [3.05, 3.63) is 53.9 Å². The first-order valence-electron chi connectivity index (χ1n) is 10.7. The van der Waals surface area contributed by atoms with Gasteiger partial charge in [0.25, 0.3) is 0 Å². The van der Waals surface area contributed by atoms with Crippen molar-refractivity contribution in [2.24, 2.45) is 5.41 Å². The van der Waals surface area contributed by atoms with Gasteiger partial charge in [0.2, 0.25) is 11.8 Å². The van der Waals surface area contributed by atoms with Crippen LogP contribution in [0.4, 0.5) is 11.4 Å². The summed E-state index contributed by atoms with van der Waals surface area (Å²) in [6.45, 7) is 7.72. The third-order valence-corrected chi connectivity index (χ3v) is 5.77. The first-order chi connectivity index (χ1) is 14.4. The van der Waals surface area contributed by atoms with Gasteiger partial charge >= 0.3 is 0 Å². The lowest BCUT2D eigenvalue weighted by atomic mass is 9.90. The van der Waals surface area contributed by atoms with Crippen LogP contribution < -0.4 is 15.1 Å². The highest BCUT2D eigenvalue weighted by Crippen LogP contribution is 2.38. The second-order valence-corrected chi connectivity index (χ2v) is 8.35. The van der Waals surface area contributed by atoms with Gasteiger partial charge in [-0.1, -0.05) is 6.07 Å². The van der Waals surface area contributed by atoms with Gasteiger partial charge < -0.3 is 15.1 Å². The van der Waals surface area contributed by atoms with Crippen LogP contribution >= 0.6 is 0 Å². The summed E-state index contributed by atoms with van der Waals surface area (Å²) < 4.78 is 0. The summed E-state index contributed by atoms with van der Waals surface area (Å²) in [4.78, 5) is 33.3. The molecule has 1 aromatic heterocycles. The van der Waals surface area contributed by atoms with Gasteiger partial charge in [-0.2, -0.15) is 0 Å².